The van der Waals surface area contributed by atoms with E-state index < -0.39 is 13.0 Å². The zero-order chi connectivity index (χ0) is 36.8. The Bertz CT molecular complexity index is 1920. The number of carbonyl (C=O) groups excluding carboxylic acids is 1. The lowest BCUT2D eigenvalue weighted by Gasteiger charge is -2.34. The SMILES string of the molecule is COc1ccc(C2C=NN=N2)cc1C(=O)N(C)CC(CCN1CCC(Nc2nc3ccccc3n2CCOC(F)(F)F)CC1)c1ccc(Cl)c(Cl)c1. The van der Waals surface area contributed by atoms with Gasteiger partial charge < -0.3 is 24.4 Å². The van der Waals surface area contributed by atoms with Gasteiger partial charge in [0.15, 0.2) is 0 Å². The summed E-state index contributed by atoms with van der Waals surface area (Å²) >= 11 is 12.7. The number of ether oxygens (including phenoxy) is 2. The normalized spacial score (nSPS) is 17.2. The maximum absolute atomic E-state index is 13.9. The molecule has 0 spiro atoms. The Labute approximate surface area is 309 Å². The van der Waals surface area contributed by atoms with E-state index in [4.69, 9.17) is 27.9 Å². The molecule has 1 N–H and O–H groups in total. The van der Waals surface area contributed by atoms with E-state index in [0.717, 1.165) is 55.5 Å². The van der Waals surface area contributed by atoms with Crippen molar-refractivity contribution in [3.05, 3.63) is 87.4 Å². The molecule has 11 nitrogen and oxygen atoms in total. The molecule has 2 atom stereocenters. The smallest absolute Gasteiger partial charge is 0.496 e. The standard InChI is InChI=1S/C36H39Cl2F3N8O3/c1-47(34(50)27-19-24(8-10-33(27)51-2)31-21-42-46-45-31)22-25(23-7-9-28(37)29(38)20-23)11-14-48-15-12-26(13-16-48)43-35-44-30-5-3-4-6-32(30)49(35)17-18-52-36(39,40)41/h3-10,19-21,25-26,31H,11-18,22H2,1-2H3,(H,43,44). The Hall–Kier alpha value is -4.24. The molecule has 6 rings (SSSR count). The van der Waals surface area contributed by atoms with E-state index >= 15 is 0 Å². The Kier molecular flexibility index (Phi) is 12.0. The van der Waals surface area contributed by atoms with Crippen LogP contribution in [0.25, 0.3) is 11.0 Å². The fraction of sp³-hybridized carbons (Fsp3) is 0.417. The van der Waals surface area contributed by atoms with Crippen LogP contribution in [0.3, 0.4) is 0 Å². The molecule has 276 valence electrons. The molecule has 4 aromatic rings. The highest BCUT2D eigenvalue weighted by atomic mass is 35.5. The lowest BCUT2D eigenvalue weighted by atomic mass is 9.93. The molecule has 0 bridgehead atoms. The third-order valence-corrected chi connectivity index (χ3v) is 10.2. The summed E-state index contributed by atoms with van der Waals surface area (Å²) in [5.74, 6) is 0.739. The first-order chi connectivity index (χ1) is 25.0. The number of hydrogen-bond donors (Lipinski definition) is 1. The van der Waals surface area contributed by atoms with E-state index in [1.165, 1.54) is 7.11 Å². The van der Waals surface area contributed by atoms with Gasteiger partial charge in [0.05, 0.1) is 46.6 Å². The molecule has 0 radical (unpaired) electrons. The van der Waals surface area contributed by atoms with Crippen LogP contribution >= 0.6 is 23.2 Å². The Balaban J connectivity index is 1.10. The molecule has 1 fully saturated rings. The zero-order valence-electron chi connectivity index (χ0n) is 28.7. The van der Waals surface area contributed by atoms with Crippen molar-refractivity contribution in [3.63, 3.8) is 0 Å². The Morgan fingerprint density at radius 1 is 1.06 bits per heavy atom. The van der Waals surface area contributed by atoms with Gasteiger partial charge in [0.1, 0.15) is 11.8 Å². The third kappa shape index (κ3) is 9.21. The van der Waals surface area contributed by atoms with Gasteiger partial charge in [-0.05, 0) is 78.6 Å². The van der Waals surface area contributed by atoms with E-state index in [9.17, 15) is 18.0 Å². The summed E-state index contributed by atoms with van der Waals surface area (Å²) in [7, 11) is 3.30. The minimum absolute atomic E-state index is 0.00778. The minimum atomic E-state index is -4.70. The Morgan fingerprint density at radius 3 is 2.56 bits per heavy atom. The molecule has 1 amide bonds. The number of carbonyl (C=O) groups is 1. The summed E-state index contributed by atoms with van der Waals surface area (Å²) in [5.41, 5.74) is 3.62. The van der Waals surface area contributed by atoms with E-state index in [1.54, 1.807) is 40.9 Å². The van der Waals surface area contributed by atoms with Gasteiger partial charge >= 0.3 is 6.36 Å². The minimum Gasteiger partial charge on any atom is -0.496 e. The van der Waals surface area contributed by atoms with Gasteiger partial charge in [0.25, 0.3) is 5.91 Å². The highest BCUT2D eigenvalue weighted by Gasteiger charge is 2.30. The first-order valence-electron chi connectivity index (χ1n) is 17.0. The summed E-state index contributed by atoms with van der Waals surface area (Å²) in [4.78, 5) is 22.6. The summed E-state index contributed by atoms with van der Waals surface area (Å²) in [5, 5.41) is 16.0. The number of fused-ring (bicyclic) bond motifs is 1. The third-order valence-electron chi connectivity index (χ3n) is 9.44. The number of likely N-dealkylation sites (tertiary alicyclic amines) is 1. The molecule has 3 aromatic carbocycles. The quantitative estimate of drug-likeness (QED) is 0.139. The first kappa shape index (κ1) is 37.5. The number of hydrogen-bond acceptors (Lipinski definition) is 9. The number of anilines is 1. The second-order valence-electron chi connectivity index (χ2n) is 12.8. The van der Waals surface area contributed by atoms with E-state index in [1.807, 2.05) is 42.5 Å². The van der Waals surface area contributed by atoms with Crippen molar-refractivity contribution in [2.45, 2.75) is 50.2 Å². The van der Waals surface area contributed by atoms with Crippen LogP contribution in [0.4, 0.5) is 19.1 Å². The number of halogens is 5. The second kappa shape index (κ2) is 16.6. The lowest BCUT2D eigenvalue weighted by molar-refractivity contribution is -0.325. The first-order valence-corrected chi connectivity index (χ1v) is 17.7. The van der Waals surface area contributed by atoms with Crippen LogP contribution in [0.2, 0.25) is 10.0 Å². The predicted octanol–water partition coefficient (Wildman–Crippen LogP) is 8.20. The van der Waals surface area contributed by atoms with Gasteiger partial charge in [-0.1, -0.05) is 47.5 Å². The van der Waals surface area contributed by atoms with Crippen molar-refractivity contribution in [2.24, 2.45) is 15.4 Å². The van der Waals surface area contributed by atoms with Crippen molar-refractivity contribution in [1.82, 2.24) is 19.4 Å². The molecule has 2 unspecified atom stereocenters. The molecule has 16 heteroatoms. The predicted molar refractivity (Wildman–Crippen MR) is 195 cm³/mol. The number of nitrogens with one attached hydrogen (secondary N) is 1. The van der Waals surface area contributed by atoms with Crippen LogP contribution in [-0.4, -0.2) is 90.8 Å². The zero-order valence-corrected chi connectivity index (χ0v) is 30.2. The largest absolute Gasteiger partial charge is 0.522 e. The van der Waals surface area contributed by atoms with Gasteiger partial charge in [0.2, 0.25) is 5.95 Å². The molecule has 1 aromatic heterocycles. The number of rotatable bonds is 14. The molecule has 3 heterocycles. The van der Waals surface area contributed by atoms with Crippen LogP contribution in [0, 0.1) is 0 Å². The van der Waals surface area contributed by atoms with E-state index in [-0.39, 0.29) is 30.5 Å². The second-order valence-corrected chi connectivity index (χ2v) is 13.7. The van der Waals surface area contributed by atoms with Crippen molar-refractivity contribution in [3.8, 4) is 5.75 Å². The lowest BCUT2D eigenvalue weighted by Crippen LogP contribution is -2.41. The molecule has 2 aliphatic heterocycles. The number of methoxy groups -OCH3 is 1. The van der Waals surface area contributed by atoms with Crippen LogP contribution in [0.5, 0.6) is 5.75 Å². The number of para-hydroxylation sites is 2. The van der Waals surface area contributed by atoms with Crippen LogP contribution in [0.1, 0.15) is 52.7 Å². The molecule has 52 heavy (non-hydrogen) atoms. The van der Waals surface area contributed by atoms with Gasteiger partial charge in [0, 0.05) is 45.2 Å². The molecular formula is C36H39Cl2F3N8O3. The summed E-state index contributed by atoms with van der Waals surface area (Å²) < 4.78 is 49.4. The van der Waals surface area contributed by atoms with Crippen molar-refractivity contribution in [2.75, 3.05) is 52.3 Å². The number of imidazole rings is 1. The number of amides is 1. The van der Waals surface area contributed by atoms with Crippen LogP contribution in [0.15, 0.2) is 76.1 Å². The molecular weight excluding hydrogens is 720 g/mol. The van der Waals surface area contributed by atoms with Gasteiger partial charge in [-0.2, -0.15) is 5.11 Å². The maximum Gasteiger partial charge on any atom is 0.522 e. The van der Waals surface area contributed by atoms with E-state index in [2.05, 4.69) is 35.4 Å². The number of nitrogens with zero attached hydrogens (tertiary/aromatic N) is 7. The van der Waals surface area contributed by atoms with Crippen LogP contribution in [-0.2, 0) is 11.3 Å². The maximum atomic E-state index is 13.9. The molecule has 0 aliphatic carbocycles. The summed E-state index contributed by atoms with van der Waals surface area (Å²) in [6.45, 7) is 2.31. The average molecular weight is 760 g/mol. The number of alkyl halides is 3. The van der Waals surface area contributed by atoms with Crippen LogP contribution < -0.4 is 10.1 Å². The molecule has 1 saturated heterocycles. The van der Waals surface area contributed by atoms with Crippen molar-refractivity contribution in [1.29, 1.82) is 0 Å². The van der Waals surface area contributed by atoms with Gasteiger partial charge in [-0.3, -0.25) is 9.53 Å². The van der Waals surface area contributed by atoms with Crippen molar-refractivity contribution >= 4 is 52.3 Å². The summed E-state index contributed by atoms with van der Waals surface area (Å²) in [6.07, 6.45) is -0.690. The topological polar surface area (TPSA) is 109 Å². The molecule has 2 aliphatic rings. The van der Waals surface area contributed by atoms with Gasteiger partial charge in [-0.15, -0.1) is 18.3 Å². The fourth-order valence-electron chi connectivity index (χ4n) is 6.67. The summed E-state index contributed by atoms with van der Waals surface area (Å²) in [6, 6.07) is 18.1. The van der Waals surface area contributed by atoms with Crippen molar-refractivity contribution < 1.29 is 27.4 Å². The monoisotopic (exact) mass is 758 g/mol. The van der Waals surface area contributed by atoms with Gasteiger partial charge in [-0.25, -0.2) is 4.98 Å². The number of likely N-dealkylation sites (N-methyl/N-ethyl adjacent to an activating group) is 1. The Morgan fingerprint density at radius 2 is 1.85 bits per heavy atom. The van der Waals surface area contributed by atoms with E-state index in [0.29, 0.717) is 39.4 Å². The highest BCUT2D eigenvalue weighted by molar-refractivity contribution is 6.42. The molecule has 0 saturated carbocycles. The number of aromatic nitrogens is 2. The fourth-order valence-corrected chi connectivity index (χ4v) is 6.98. The highest BCUT2D eigenvalue weighted by Crippen LogP contribution is 2.32. The average Bonchev–Trinajstić information content (AvgIpc) is 3.79. The number of piperidine rings is 1. The number of benzene rings is 3.